The van der Waals surface area contributed by atoms with Gasteiger partial charge in [0.25, 0.3) is 0 Å². The van der Waals surface area contributed by atoms with Crippen LogP contribution in [0.15, 0.2) is 48.5 Å². The zero-order chi connectivity index (χ0) is 23.9. The van der Waals surface area contributed by atoms with Crippen LogP contribution in [0.4, 0.5) is 4.79 Å². The maximum Gasteiger partial charge on any atom is 0.407 e. The third kappa shape index (κ3) is 5.58. The molecule has 1 heterocycles. The van der Waals surface area contributed by atoms with Crippen LogP contribution >= 0.6 is 0 Å². The van der Waals surface area contributed by atoms with Crippen molar-refractivity contribution >= 4 is 18.0 Å². The van der Waals surface area contributed by atoms with Gasteiger partial charge in [0.2, 0.25) is 5.91 Å². The third-order valence-corrected chi connectivity index (χ3v) is 6.79. The SMILES string of the molecule is O=C(O)C[C@H]1CCCN1C(=O)CCCCCNC(=O)OCC1c2ccccc2-c2ccccc21. The van der Waals surface area contributed by atoms with Crippen LogP contribution in [-0.2, 0) is 14.3 Å². The Morgan fingerprint density at radius 2 is 1.65 bits per heavy atom. The summed E-state index contributed by atoms with van der Waals surface area (Å²) in [5.41, 5.74) is 4.77. The molecule has 1 atom stereocenters. The second kappa shape index (κ2) is 11.2. The van der Waals surface area contributed by atoms with E-state index in [-0.39, 0.29) is 24.3 Å². The summed E-state index contributed by atoms with van der Waals surface area (Å²) in [6.07, 6.45) is 3.95. The number of unbranched alkanes of at least 4 members (excludes halogenated alkanes) is 2. The number of rotatable bonds is 10. The fraction of sp³-hybridized carbons (Fsp3) is 0.444. The van der Waals surface area contributed by atoms with Crippen molar-refractivity contribution in [2.24, 2.45) is 0 Å². The maximum absolute atomic E-state index is 12.4. The van der Waals surface area contributed by atoms with Gasteiger partial charge in [0, 0.05) is 31.5 Å². The lowest BCUT2D eigenvalue weighted by molar-refractivity contribution is -0.139. The van der Waals surface area contributed by atoms with Crippen LogP contribution < -0.4 is 5.32 Å². The molecule has 0 saturated carbocycles. The van der Waals surface area contributed by atoms with Crippen molar-refractivity contribution < 1.29 is 24.2 Å². The van der Waals surface area contributed by atoms with E-state index in [1.54, 1.807) is 4.90 Å². The number of fused-ring (bicyclic) bond motifs is 3. The molecule has 4 rings (SSSR count). The predicted molar refractivity (Wildman–Crippen MR) is 129 cm³/mol. The number of amides is 2. The molecule has 0 unspecified atom stereocenters. The molecule has 0 aromatic heterocycles. The van der Waals surface area contributed by atoms with E-state index in [0.29, 0.717) is 26.1 Å². The predicted octanol–water partition coefficient (Wildman–Crippen LogP) is 4.55. The quantitative estimate of drug-likeness (QED) is 0.503. The second-order valence-corrected chi connectivity index (χ2v) is 9.04. The number of hydrogen-bond acceptors (Lipinski definition) is 4. The van der Waals surface area contributed by atoms with Gasteiger partial charge in [-0.25, -0.2) is 4.79 Å². The smallest absolute Gasteiger partial charge is 0.407 e. The zero-order valence-corrected chi connectivity index (χ0v) is 19.4. The summed E-state index contributed by atoms with van der Waals surface area (Å²) in [7, 11) is 0. The molecule has 180 valence electrons. The highest BCUT2D eigenvalue weighted by atomic mass is 16.5. The molecular formula is C27H32N2O5. The Morgan fingerprint density at radius 3 is 2.32 bits per heavy atom. The molecule has 1 aliphatic carbocycles. The molecule has 34 heavy (non-hydrogen) atoms. The summed E-state index contributed by atoms with van der Waals surface area (Å²) in [5, 5.41) is 11.8. The summed E-state index contributed by atoms with van der Waals surface area (Å²) in [6.45, 7) is 1.44. The van der Waals surface area contributed by atoms with Gasteiger partial charge in [-0.1, -0.05) is 55.0 Å². The molecule has 7 heteroatoms. The Morgan fingerprint density at radius 1 is 0.971 bits per heavy atom. The molecule has 2 N–H and O–H groups in total. The highest BCUT2D eigenvalue weighted by Crippen LogP contribution is 2.44. The van der Waals surface area contributed by atoms with E-state index in [9.17, 15) is 14.4 Å². The molecule has 0 bridgehead atoms. The highest BCUT2D eigenvalue weighted by Gasteiger charge is 2.30. The van der Waals surface area contributed by atoms with Gasteiger partial charge in [-0.15, -0.1) is 0 Å². The lowest BCUT2D eigenvalue weighted by Gasteiger charge is -2.23. The first-order chi connectivity index (χ1) is 16.5. The number of benzene rings is 2. The number of alkyl carbamates (subject to hydrolysis) is 1. The van der Waals surface area contributed by atoms with Crippen LogP contribution in [0.1, 0.15) is 62.0 Å². The molecule has 2 amide bonds. The first-order valence-corrected chi connectivity index (χ1v) is 12.1. The summed E-state index contributed by atoms with van der Waals surface area (Å²) in [5.74, 6) is -0.781. The summed E-state index contributed by atoms with van der Waals surface area (Å²) in [6, 6.07) is 16.3. The minimum atomic E-state index is -0.857. The van der Waals surface area contributed by atoms with Gasteiger partial charge < -0.3 is 20.1 Å². The van der Waals surface area contributed by atoms with Crippen molar-refractivity contribution in [3.8, 4) is 11.1 Å². The number of carbonyl (C=O) groups is 3. The van der Waals surface area contributed by atoms with Crippen molar-refractivity contribution in [3.05, 3.63) is 59.7 Å². The minimum absolute atomic E-state index is 0.0236. The lowest BCUT2D eigenvalue weighted by Crippen LogP contribution is -2.36. The van der Waals surface area contributed by atoms with Crippen LogP contribution in [-0.4, -0.2) is 53.7 Å². The minimum Gasteiger partial charge on any atom is -0.481 e. The van der Waals surface area contributed by atoms with E-state index < -0.39 is 12.1 Å². The van der Waals surface area contributed by atoms with Gasteiger partial charge in [-0.05, 0) is 47.9 Å². The molecule has 2 aliphatic rings. The van der Waals surface area contributed by atoms with Crippen molar-refractivity contribution in [2.75, 3.05) is 19.7 Å². The van der Waals surface area contributed by atoms with E-state index in [1.807, 2.05) is 24.3 Å². The molecule has 2 aromatic carbocycles. The Labute approximate surface area is 200 Å². The summed E-state index contributed by atoms with van der Waals surface area (Å²) < 4.78 is 5.54. The van der Waals surface area contributed by atoms with Crippen molar-refractivity contribution in [2.45, 2.75) is 56.9 Å². The number of carboxylic acid groups (broad SMARTS) is 1. The fourth-order valence-electron chi connectivity index (χ4n) is 5.14. The number of nitrogens with zero attached hydrogens (tertiary/aromatic N) is 1. The van der Waals surface area contributed by atoms with Gasteiger partial charge in [-0.3, -0.25) is 9.59 Å². The normalized spacial score (nSPS) is 16.7. The zero-order valence-electron chi connectivity index (χ0n) is 19.4. The summed E-state index contributed by atoms with van der Waals surface area (Å²) in [4.78, 5) is 37.3. The number of hydrogen-bond donors (Lipinski definition) is 2. The Balaban J connectivity index is 1.14. The molecular weight excluding hydrogens is 432 g/mol. The van der Waals surface area contributed by atoms with Crippen LogP contribution in [0.3, 0.4) is 0 Å². The Hall–Kier alpha value is -3.35. The first-order valence-electron chi connectivity index (χ1n) is 12.1. The van der Waals surface area contributed by atoms with Crippen LogP contribution in [0.5, 0.6) is 0 Å². The van der Waals surface area contributed by atoms with Gasteiger partial charge in [0.1, 0.15) is 6.61 Å². The van der Waals surface area contributed by atoms with Gasteiger partial charge in [0.15, 0.2) is 0 Å². The molecule has 7 nitrogen and oxygen atoms in total. The van der Waals surface area contributed by atoms with E-state index in [0.717, 1.165) is 32.1 Å². The number of aliphatic carboxylic acids is 1. The topological polar surface area (TPSA) is 95.9 Å². The molecule has 1 aliphatic heterocycles. The third-order valence-electron chi connectivity index (χ3n) is 6.79. The Bertz CT molecular complexity index is 992. The lowest BCUT2D eigenvalue weighted by atomic mass is 9.98. The van der Waals surface area contributed by atoms with Gasteiger partial charge in [0.05, 0.1) is 6.42 Å². The van der Waals surface area contributed by atoms with Crippen LogP contribution in [0.25, 0.3) is 11.1 Å². The van der Waals surface area contributed by atoms with Gasteiger partial charge in [-0.2, -0.15) is 0 Å². The number of ether oxygens (including phenoxy) is 1. The van der Waals surface area contributed by atoms with Gasteiger partial charge >= 0.3 is 12.1 Å². The van der Waals surface area contributed by atoms with Crippen LogP contribution in [0, 0.1) is 0 Å². The molecule has 2 aromatic rings. The van der Waals surface area contributed by atoms with E-state index >= 15 is 0 Å². The molecule has 1 fully saturated rings. The average molecular weight is 465 g/mol. The fourth-order valence-corrected chi connectivity index (χ4v) is 5.14. The van der Waals surface area contributed by atoms with Crippen LogP contribution in [0.2, 0.25) is 0 Å². The van der Waals surface area contributed by atoms with Crippen molar-refractivity contribution in [3.63, 3.8) is 0 Å². The largest absolute Gasteiger partial charge is 0.481 e. The molecule has 0 radical (unpaired) electrons. The van der Waals surface area contributed by atoms with Crippen molar-refractivity contribution in [1.82, 2.24) is 10.2 Å². The monoisotopic (exact) mass is 464 g/mol. The average Bonchev–Trinajstić information content (AvgIpc) is 3.42. The van der Waals surface area contributed by atoms with E-state index in [2.05, 4.69) is 29.6 Å². The number of nitrogens with one attached hydrogen (secondary N) is 1. The molecule has 1 saturated heterocycles. The number of carboxylic acids is 1. The number of carbonyl (C=O) groups excluding carboxylic acids is 2. The van der Waals surface area contributed by atoms with E-state index in [4.69, 9.17) is 9.84 Å². The standard InChI is InChI=1S/C27H32N2O5/c30-25(29-16-8-9-19(29)17-26(31)32)14-2-1-7-15-28-27(33)34-18-24-22-12-5-3-10-20(22)21-11-4-6-13-23(21)24/h3-6,10-13,19,24H,1-2,7-9,14-18H2,(H,28,33)(H,31,32)/t19-/m1/s1. The van der Waals surface area contributed by atoms with Crippen molar-refractivity contribution in [1.29, 1.82) is 0 Å². The highest BCUT2D eigenvalue weighted by molar-refractivity contribution is 5.79. The maximum atomic E-state index is 12.4. The summed E-state index contributed by atoms with van der Waals surface area (Å²) >= 11 is 0. The molecule has 0 spiro atoms. The number of likely N-dealkylation sites (tertiary alicyclic amines) is 1. The Kier molecular flexibility index (Phi) is 7.83. The van der Waals surface area contributed by atoms with E-state index in [1.165, 1.54) is 22.3 Å². The first kappa shape index (κ1) is 23.8. The second-order valence-electron chi connectivity index (χ2n) is 9.04.